The number of piperazine rings is 1. The van der Waals surface area contributed by atoms with Crippen molar-refractivity contribution >= 4 is 17.7 Å². The van der Waals surface area contributed by atoms with Crippen LogP contribution in [0.3, 0.4) is 0 Å². The van der Waals surface area contributed by atoms with Crippen molar-refractivity contribution < 1.29 is 14.4 Å². The molecule has 1 aliphatic carbocycles. The number of carbonyl (C=O) groups is 3. The van der Waals surface area contributed by atoms with Crippen LogP contribution in [0.15, 0.2) is 18.2 Å². The van der Waals surface area contributed by atoms with Gasteiger partial charge in [-0.05, 0) is 36.3 Å². The monoisotopic (exact) mass is 425 g/mol. The zero-order chi connectivity index (χ0) is 21.5. The van der Waals surface area contributed by atoms with E-state index in [1.165, 1.54) is 12.8 Å². The van der Waals surface area contributed by atoms with Gasteiger partial charge in [-0.3, -0.25) is 29.5 Å². The predicted octanol–water partition coefficient (Wildman–Crippen LogP) is 0.303. The molecule has 0 spiro atoms. The lowest BCUT2D eigenvalue weighted by Crippen LogP contribution is -2.54. The fourth-order valence-electron chi connectivity index (χ4n) is 5.48. The summed E-state index contributed by atoms with van der Waals surface area (Å²) in [4.78, 5) is 43.8. The SMILES string of the molecule is NCCN1CCN(Cc2cccc3c2C(=O)N(C2CCC(=O)NC2=O)C3)CC1C1CC1. The first-order chi connectivity index (χ1) is 15.0. The highest BCUT2D eigenvalue weighted by molar-refractivity contribution is 6.05. The molecule has 0 bridgehead atoms. The normalized spacial score (nSPS) is 27.5. The van der Waals surface area contributed by atoms with Crippen LogP contribution in [0.25, 0.3) is 0 Å². The van der Waals surface area contributed by atoms with Gasteiger partial charge in [-0.15, -0.1) is 0 Å². The van der Waals surface area contributed by atoms with Crippen LogP contribution in [0.4, 0.5) is 0 Å². The first-order valence-corrected chi connectivity index (χ1v) is 11.5. The Hall–Kier alpha value is -2.29. The largest absolute Gasteiger partial charge is 0.329 e. The molecule has 3 amide bonds. The summed E-state index contributed by atoms with van der Waals surface area (Å²) >= 11 is 0. The van der Waals surface area contributed by atoms with Crippen molar-refractivity contribution in [1.29, 1.82) is 0 Å². The van der Waals surface area contributed by atoms with Gasteiger partial charge in [0.15, 0.2) is 0 Å². The first-order valence-electron chi connectivity index (χ1n) is 11.5. The van der Waals surface area contributed by atoms with Crippen LogP contribution in [0.2, 0.25) is 0 Å². The van der Waals surface area contributed by atoms with E-state index in [0.717, 1.165) is 55.3 Å². The molecular formula is C23H31N5O3. The Morgan fingerprint density at radius 1 is 1.10 bits per heavy atom. The standard InChI is InChI=1S/C23H31N5O3/c24-8-9-27-11-10-26(14-19(27)15-4-5-15)12-16-2-1-3-17-13-28(23(31)21(16)17)18-6-7-20(29)25-22(18)30/h1-3,15,18-19H,4-14,24H2,(H,25,29,30). The van der Waals surface area contributed by atoms with E-state index in [1.54, 1.807) is 4.90 Å². The second-order valence-corrected chi connectivity index (χ2v) is 9.32. The summed E-state index contributed by atoms with van der Waals surface area (Å²) in [6, 6.07) is 6.03. The van der Waals surface area contributed by atoms with Gasteiger partial charge >= 0.3 is 0 Å². The lowest BCUT2D eigenvalue weighted by atomic mass is 10.0. The van der Waals surface area contributed by atoms with Gasteiger partial charge in [-0.1, -0.05) is 18.2 Å². The molecule has 2 unspecified atom stereocenters. The maximum Gasteiger partial charge on any atom is 0.255 e. The summed E-state index contributed by atoms with van der Waals surface area (Å²) in [6.45, 7) is 5.83. The molecule has 3 N–H and O–H groups in total. The maximum atomic E-state index is 13.3. The number of fused-ring (bicyclic) bond motifs is 1. The molecule has 31 heavy (non-hydrogen) atoms. The lowest BCUT2D eigenvalue weighted by Gasteiger charge is -2.42. The minimum Gasteiger partial charge on any atom is -0.329 e. The molecular weight excluding hydrogens is 394 g/mol. The van der Waals surface area contributed by atoms with Gasteiger partial charge in [0.2, 0.25) is 11.8 Å². The molecule has 4 aliphatic rings. The van der Waals surface area contributed by atoms with Gasteiger partial charge in [-0.25, -0.2) is 0 Å². The van der Waals surface area contributed by atoms with Crippen LogP contribution in [-0.2, 0) is 22.7 Å². The second kappa shape index (κ2) is 8.33. The average Bonchev–Trinajstić information content (AvgIpc) is 3.54. The molecule has 3 heterocycles. The number of imide groups is 1. The van der Waals surface area contributed by atoms with Gasteiger partial charge in [0.05, 0.1) is 0 Å². The van der Waals surface area contributed by atoms with Crippen LogP contribution >= 0.6 is 0 Å². The first kappa shape index (κ1) is 20.6. The third kappa shape index (κ3) is 4.00. The molecule has 3 aliphatic heterocycles. The molecule has 2 atom stereocenters. The minimum atomic E-state index is -0.565. The van der Waals surface area contributed by atoms with Crippen molar-refractivity contribution in [1.82, 2.24) is 20.0 Å². The summed E-state index contributed by atoms with van der Waals surface area (Å²) in [6.07, 6.45) is 3.28. The molecule has 8 nitrogen and oxygen atoms in total. The lowest BCUT2D eigenvalue weighted by molar-refractivity contribution is -0.136. The number of nitrogens with zero attached hydrogens (tertiary/aromatic N) is 3. The number of amides is 3. The fraction of sp³-hybridized carbons (Fsp3) is 0.609. The van der Waals surface area contributed by atoms with Gasteiger partial charge in [0, 0.05) is 63.8 Å². The van der Waals surface area contributed by atoms with E-state index in [4.69, 9.17) is 5.73 Å². The van der Waals surface area contributed by atoms with E-state index in [1.807, 2.05) is 18.2 Å². The number of benzene rings is 1. The van der Waals surface area contributed by atoms with E-state index in [0.29, 0.717) is 25.6 Å². The van der Waals surface area contributed by atoms with Crippen molar-refractivity contribution in [3.8, 4) is 0 Å². The topological polar surface area (TPSA) is 99.0 Å². The number of hydrogen-bond donors (Lipinski definition) is 2. The molecule has 1 aromatic carbocycles. The van der Waals surface area contributed by atoms with Crippen molar-refractivity contribution in [3.63, 3.8) is 0 Å². The third-order valence-corrected chi connectivity index (χ3v) is 7.23. The highest BCUT2D eigenvalue weighted by Crippen LogP contribution is 2.37. The molecule has 1 saturated carbocycles. The summed E-state index contributed by atoms with van der Waals surface area (Å²) < 4.78 is 0. The number of nitrogens with two attached hydrogens (primary N) is 1. The molecule has 166 valence electrons. The molecule has 1 aromatic rings. The number of piperidine rings is 1. The highest BCUT2D eigenvalue weighted by Gasteiger charge is 2.41. The van der Waals surface area contributed by atoms with Gasteiger partial charge in [0.25, 0.3) is 5.91 Å². The quantitative estimate of drug-likeness (QED) is 0.636. The number of nitrogens with one attached hydrogen (secondary N) is 1. The molecule has 3 fully saturated rings. The van der Waals surface area contributed by atoms with E-state index in [9.17, 15) is 14.4 Å². The number of rotatable bonds is 6. The zero-order valence-electron chi connectivity index (χ0n) is 17.9. The summed E-state index contributed by atoms with van der Waals surface area (Å²) in [5.41, 5.74) is 8.59. The Morgan fingerprint density at radius 3 is 2.68 bits per heavy atom. The third-order valence-electron chi connectivity index (χ3n) is 7.23. The Bertz CT molecular complexity index is 899. The Balaban J connectivity index is 1.31. The molecule has 8 heteroatoms. The van der Waals surface area contributed by atoms with Crippen molar-refractivity contribution in [2.24, 2.45) is 11.7 Å². The second-order valence-electron chi connectivity index (χ2n) is 9.32. The summed E-state index contributed by atoms with van der Waals surface area (Å²) in [5.74, 6) is 0.0773. The van der Waals surface area contributed by atoms with Gasteiger partial charge < -0.3 is 10.6 Å². The van der Waals surface area contributed by atoms with Crippen molar-refractivity contribution in [2.45, 2.75) is 50.9 Å². The molecule has 2 saturated heterocycles. The number of hydrogen-bond acceptors (Lipinski definition) is 6. The van der Waals surface area contributed by atoms with Gasteiger partial charge in [-0.2, -0.15) is 0 Å². The van der Waals surface area contributed by atoms with Crippen LogP contribution in [0.5, 0.6) is 0 Å². The smallest absolute Gasteiger partial charge is 0.255 e. The molecule has 0 radical (unpaired) electrons. The van der Waals surface area contributed by atoms with E-state index in [-0.39, 0.29) is 24.1 Å². The fourth-order valence-corrected chi connectivity index (χ4v) is 5.48. The van der Waals surface area contributed by atoms with E-state index < -0.39 is 6.04 Å². The van der Waals surface area contributed by atoms with Crippen molar-refractivity contribution in [3.05, 3.63) is 34.9 Å². The average molecular weight is 426 g/mol. The predicted molar refractivity (Wildman–Crippen MR) is 115 cm³/mol. The maximum absolute atomic E-state index is 13.3. The summed E-state index contributed by atoms with van der Waals surface area (Å²) in [7, 11) is 0. The van der Waals surface area contributed by atoms with Crippen LogP contribution in [0.1, 0.15) is 47.2 Å². The van der Waals surface area contributed by atoms with Crippen molar-refractivity contribution in [2.75, 3.05) is 32.7 Å². The van der Waals surface area contributed by atoms with Gasteiger partial charge in [0.1, 0.15) is 6.04 Å². The molecule has 0 aromatic heterocycles. The van der Waals surface area contributed by atoms with Crippen LogP contribution < -0.4 is 11.1 Å². The zero-order valence-corrected chi connectivity index (χ0v) is 17.9. The highest BCUT2D eigenvalue weighted by atomic mass is 16.2. The van der Waals surface area contributed by atoms with E-state index >= 15 is 0 Å². The van der Waals surface area contributed by atoms with Crippen LogP contribution in [-0.4, -0.2) is 77.2 Å². The Labute approximate surface area is 182 Å². The Kier molecular flexibility index (Phi) is 5.54. The molecule has 5 rings (SSSR count). The van der Waals surface area contributed by atoms with Crippen LogP contribution in [0, 0.1) is 5.92 Å². The van der Waals surface area contributed by atoms with E-state index in [2.05, 4.69) is 15.1 Å². The summed E-state index contributed by atoms with van der Waals surface area (Å²) in [5, 5.41) is 2.38. The minimum absolute atomic E-state index is 0.0828. The Morgan fingerprint density at radius 2 is 1.94 bits per heavy atom. The number of carbonyl (C=O) groups excluding carboxylic acids is 3.